The Balaban J connectivity index is 1.54. The lowest BCUT2D eigenvalue weighted by molar-refractivity contribution is -0.121. The van der Waals surface area contributed by atoms with Crippen LogP contribution in [0.15, 0.2) is 52.1 Å². The Morgan fingerprint density at radius 1 is 1.03 bits per heavy atom. The summed E-state index contributed by atoms with van der Waals surface area (Å²) in [5, 5.41) is 10.6. The molecule has 0 radical (unpaired) electrons. The van der Waals surface area contributed by atoms with Crippen molar-refractivity contribution in [2.24, 2.45) is 5.41 Å². The van der Waals surface area contributed by atoms with Crippen LogP contribution in [0.25, 0.3) is 0 Å². The molecule has 0 bridgehead atoms. The Morgan fingerprint density at radius 2 is 1.71 bits per heavy atom. The van der Waals surface area contributed by atoms with Crippen molar-refractivity contribution in [3.05, 3.63) is 59.2 Å². The smallest absolute Gasteiger partial charge is 0.239 e. The van der Waals surface area contributed by atoms with Crippen LogP contribution in [0.2, 0.25) is 0 Å². The minimum atomic E-state index is -0.495. The van der Waals surface area contributed by atoms with Crippen molar-refractivity contribution >= 4 is 23.1 Å². The number of piperidine rings is 1. The number of rotatable bonds is 4. The van der Waals surface area contributed by atoms with Crippen LogP contribution in [0, 0.1) is 12.3 Å². The SMILES string of the molecule is Cc1ccc(C2C3=C(CC(C)(C)CC3=O)Nc3ccccc3N2CC(=O)NC2CC(C)(C)NC(C)(C)C2)o1. The molecular weight excluding hydrogens is 476 g/mol. The number of anilines is 2. The molecule has 1 fully saturated rings. The lowest BCUT2D eigenvalue weighted by Crippen LogP contribution is -2.62. The van der Waals surface area contributed by atoms with Crippen molar-refractivity contribution in [2.45, 2.75) is 97.3 Å². The van der Waals surface area contributed by atoms with Gasteiger partial charge >= 0.3 is 0 Å². The number of fused-ring (bicyclic) bond motifs is 1. The second-order valence-corrected chi connectivity index (χ2v) is 13.5. The summed E-state index contributed by atoms with van der Waals surface area (Å²) >= 11 is 0. The van der Waals surface area contributed by atoms with Gasteiger partial charge in [-0.15, -0.1) is 0 Å². The van der Waals surface area contributed by atoms with Crippen molar-refractivity contribution in [1.29, 1.82) is 0 Å². The second-order valence-electron chi connectivity index (χ2n) is 13.5. The Morgan fingerprint density at radius 3 is 2.37 bits per heavy atom. The van der Waals surface area contributed by atoms with Gasteiger partial charge in [-0.1, -0.05) is 26.0 Å². The summed E-state index contributed by atoms with van der Waals surface area (Å²) in [5.74, 6) is 1.50. The van der Waals surface area contributed by atoms with Crippen LogP contribution in [0.4, 0.5) is 11.4 Å². The molecule has 1 unspecified atom stereocenters. The number of nitrogens with zero attached hydrogens (tertiary/aromatic N) is 1. The molecule has 204 valence electrons. The van der Waals surface area contributed by atoms with Crippen molar-refractivity contribution < 1.29 is 14.0 Å². The van der Waals surface area contributed by atoms with E-state index in [1.54, 1.807) is 0 Å². The third-order valence-electron chi connectivity index (χ3n) is 7.90. The summed E-state index contributed by atoms with van der Waals surface area (Å²) in [7, 11) is 0. The molecule has 3 aliphatic rings. The maximum atomic E-state index is 13.8. The van der Waals surface area contributed by atoms with E-state index in [0.717, 1.165) is 42.1 Å². The number of nitrogens with one attached hydrogen (secondary N) is 3. The highest BCUT2D eigenvalue weighted by Crippen LogP contribution is 2.48. The number of benzene rings is 1. The number of hydrogen-bond acceptors (Lipinski definition) is 6. The molecule has 3 N–H and O–H groups in total. The van der Waals surface area contributed by atoms with Crippen molar-refractivity contribution in [1.82, 2.24) is 10.6 Å². The van der Waals surface area contributed by atoms with Crippen LogP contribution in [0.1, 0.15) is 84.8 Å². The molecule has 7 nitrogen and oxygen atoms in total. The highest BCUT2D eigenvalue weighted by atomic mass is 16.3. The molecule has 3 heterocycles. The van der Waals surface area contributed by atoms with Gasteiger partial charge in [0, 0.05) is 34.8 Å². The number of carbonyl (C=O) groups is 2. The van der Waals surface area contributed by atoms with Gasteiger partial charge in [-0.25, -0.2) is 0 Å². The van der Waals surface area contributed by atoms with E-state index in [2.05, 4.69) is 57.5 Å². The van der Waals surface area contributed by atoms with Crippen LogP contribution in [-0.2, 0) is 9.59 Å². The number of carbonyl (C=O) groups excluding carboxylic acids is 2. The first kappa shape index (κ1) is 26.5. The van der Waals surface area contributed by atoms with Gasteiger partial charge in [-0.05, 0) is 83.6 Å². The third kappa shape index (κ3) is 5.39. The first-order chi connectivity index (χ1) is 17.7. The van der Waals surface area contributed by atoms with E-state index in [9.17, 15) is 9.59 Å². The molecule has 1 saturated heterocycles. The van der Waals surface area contributed by atoms with Gasteiger partial charge in [0.25, 0.3) is 0 Å². The van der Waals surface area contributed by atoms with E-state index in [0.29, 0.717) is 17.8 Å². The average molecular weight is 519 g/mol. The quantitative estimate of drug-likeness (QED) is 0.486. The Kier molecular flexibility index (Phi) is 6.49. The van der Waals surface area contributed by atoms with Crippen LogP contribution in [0.3, 0.4) is 0 Å². The van der Waals surface area contributed by atoms with Crippen molar-refractivity contribution in [2.75, 3.05) is 16.8 Å². The fourth-order valence-corrected chi connectivity index (χ4v) is 6.98. The predicted molar refractivity (Wildman–Crippen MR) is 151 cm³/mol. The molecule has 1 amide bonds. The summed E-state index contributed by atoms with van der Waals surface area (Å²) in [6.45, 7) is 15.0. The molecule has 2 aliphatic heterocycles. The van der Waals surface area contributed by atoms with Gasteiger partial charge in [-0.2, -0.15) is 0 Å². The zero-order valence-electron chi connectivity index (χ0n) is 23.8. The Bertz CT molecular complexity index is 1270. The van der Waals surface area contributed by atoms with Gasteiger partial charge in [-0.3, -0.25) is 9.59 Å². The molecule has 0 spiro atoms. The topological polar surface area (TPSA) is 86.6 Å². The molecule has 0 saturated carbocycles. The molecule has 1 aromatic heterocycles. The van der Waals surface area contributed by atoms with Crippen LogP contribution in [-0.4, -0.2) is 35.4 Å². The first-order valence-electron chi connectivity index (χ1n) is 13.8. The number of furan rings is 1. The summed E-state index contributed by atoms with van der Waals surface area (Å²) in [6, 6.07) is 11.4. The molecule has 38 heavy (non-hydrogen) atoms. The Labute approximate surface area is 226 Å². The van der Waals surface area contributed by atoms with Crippen molar-refractivity contribution in [3.63, 3.8) is 0 Å². The zero-order valence-corrected chi connectivity index (χ0v) is 23.8. The molecule has 1 aromatic carbocycles. The van der Waals surface area contributed by atoms with E-state index in [-0.39, 0.29) is 40.8 Å². The molecule has 1 aliphatic carbocycles. The minimum absolute atomic E-state index is 0.0563. The van der Waals surface area contributed by atoms with Gasteiger partial charge in [0.1, 0.15) is 17.6 Å². The van der Waals surface area contributed by atoms with Gasteiger partial charge in [0.2, 0.25) is 5.91 Å². The number of hydrogen-bond donors (Lipinski definition) is 3. The molecule has 7 heteroatoms. The van der Waals surface area contributed by atoms with E-state index >= 15 is 0 Å². The molecular formula is C31H42N4O3. The predicted octanol–water partition coefficient (Wildman–Crippen LogP) is 5.63. The van der Waals surface area contributed by atoms with Gasteiger partial charge in [0.05, 0.1) is 17.9 Å². The number of ketones is 1. The number of Topliss-reactive ketones (excluding diaryl/α,β-unsaturated/α-hetero) is 1. The maximum absolute atomic E-state index is 13.8. The molecule has 2 aromatic rings. The molecule has 5 rings (SSSR count). The summed E-state index contributed by atoms with van der Waals surface area (Å²) in [4.78, 5) is 29.5. The number of amides is 1. The van der Waals surface area contributed by atoms with Crippen molar-refractivity contribution in [3.8, 4) is 0 Å². The maximum Gasteiger partial charge on any atom is 0.239 e. The average Bonchev–Trinajstić information content (AvgIpc) is 3.12. The van der Waals surface area contributed by atoms with E-state index < -0.39 is 6.04 Å². The largest absolute Gasteiger partial charge is 0.464 e. The number of aryl methyl sites for hydroxylation is 1. The zero-order chi connectivity index (χ0) is 27.5. The standard InChI is InChI=1S/C31H42N4O3/c1-19-12-13-25(38-19)28-27-22(16-29(2,3)17-24(27)36)33-21-10-8-9-11-23(21)35(28)18-26(37)32-20-14-30(4,5)34-31(6,7)15-20/h8-13,20,28,33-34H,14-18H2,1-7H3,(H,32,37). The summed E-state index contributed by atoms with van der Waals surface area (Å²) < 4.78 is 6.16. The van der Waals surface area contributed by atoms with E-state index in [4.69, 9.17) is 4.42 Å². The highest BCUT2D eigenvalue weighted by Gasteiger charge is 2.44. The lowest BCUT2D eigenvalue weighted by atomic mass is 9.74. The van der Waals surface area contributed by atoms with Crippen LogP contribution < -0.4 is 20.9 Å². The van der Waals surface area contributed by atoms with E-state index in [1.165, 1.54) is 0 Å². The number of para-hydroxylation sites is 2. The third-order valence-corrected chi connectivity index (χ3v) is 7.90. The minimum Gasteiger partial charge on any atom is -0.464 e. The Hall–Kier alpha value is -3.06. The number of allylic oxidation sites excluding steroid dienone is 1. The van der Waals surface area contributed by atoms with Crippen LogP contribution in [0.5, 0.6) is 0 Å². The highest BCUT2D eigenvalue weighted by molar-refractivity contribution is 6.01. The molecule has 1 atom stereocenters. The van der Waals surface area contributed by atoms with Crippen LogP contribution >= 0.6 is 0 Å². The second kappa shape index (κ2) is 9.30. The lowest BCUT2D eigenvalue weighted by Gasteiger charge is -2.46. The summed E-state index contributed by atoms with van der Waals surface area (Å²) in [6.07, 6.45) is 2.91. The van der Waals surface area contributed by atoms with E-state index in [1.807, 2.05) is 48.2 Å². The van der Waals surface area contributed by atoms with Gasteiger partial charge < -0.3 is 25.3 Å². The normalized spacial score (nSPS) is 24.2. The first-order valence-corrected chi connectivity index (χ1v) is 13.8. The monoisotopic (exact) mass is 518 g/mol. The fourth-order valence-electron chi connectivity index (χ4n) is 6.98. The summed E-state index contributed by atoms with van der Waals surface area (Å²) in [5.41, 5.74) is 3.10. The fraction of sp³-hybridized carbons (Fsp3) is 0.548. The van der Waals surface area contributed by atoms with Gasteiger partial charge in [0.15, 0.2) is 5.78 Å².